The van der Waals surface area contributed by atoms with Gasteiger partial charge >= 0.3 is 6.18 Å². The van der Waals surface area contributed by atoms with E-state index in [4.69, 9.17) is 0 Å². The highest BCUT2D eigenvalue weighted by atomic mass is 19.4. The molecule has 0 radical (unpaired) electrons. The van der Waals surface area contributed by atoms with Gasteiger partial charge in [0.1, 0.15) is 17.6 Å². The Morgan fingerprint density at radius 1 is 1.07 bits per heavy atom. The lowest BCUT2D eigenvalue weighted by Gasteiger charge is -2.48. The van der Waals surface area contributed by atoms with Gasteiger partial charge in [0.05, 0.1) is 0 Å². The molecule has 1 unspecified atom stereocenters. The predicted molar refractivity (Wildman–Crippen MR) is 152 cm³/mol. The number of hydrazine groups is 1. The molecule has 4 atom stereocenters. The van der Waals surface area contributed by atoms with E-state index in [1.807, 2.05) is 6.07 Å². The van der Waals surface area contributed by atoms with Gasteiger partial charge in [-0.15, -0.1) is 0 Å². The molecule has 2 fully saturated rings. The zero-order valence-corrected chi connectivity index (χ0v) is 24.5. The Hall–Kier alpha value is -2.49. The third-order valence-corrected chi connectivity index (χ3v) is 8.55. The average molecular weight is 578 g/mol. The second kappa shape index (κ2) is 12.8. The molecule has 2 aliphatic heterocycles. The summed E-state index contributed by atoms with van der Waals surface area (Å²) in [6.45, 7) is 9.55. The quantitative estimate of drug-likeness (QED) is 0.194. The molecule has 4 rings (SSSR count). The molecule has 9 heteroatoms. The molecule has 2 heterocycles. The monoisotopic (exact) mass is 577 g/mol. The lowest BCUT2D eigenvalue weighted by molar-refractivity contribution is -0.218. The highest BCUT2D eigenvalue weighted by molar-refractivity contribution is 5.99. The summed E-state index contributed by atoms with van der Waals surface area (Å²) in [6.07, 6.45) is -1.52. The van der Waals surface area contributed by atoms with Gasteiger partial charge in [0.2, 0.25) is 0 Å². The summed E-state index contributed by atoms with van der Waals surface area (Å²) < 4.78 is 57.0. The van der Waals surface area contributed by atoms with Crippen molar-refractivity contribution in [3.05, 3.63) is 65.0 Å². The first kappa shape index (κ1) is 31.4. The van der Waals surface area contributed by atoms with Crippen molar-refractivity contribution in [3.8, 4) is 5.75 Å². The van der Waals surface area contributed by atoms with Crippen molar-refractivity contribution in [1.29, 1.82) is 0 Å². The van der Waals surface area contributed by atoms with Crippen molar-refractivity contribution in [2.24, 2.45) is 11.8 Å². The van der Waals surface area contributed by atoms with Crippen molar-refractivity contribution in [2.75, 3.05) is 26.2 Å². The summed E-state index contributed by atoms with van der Waals surface area (Å²) >= 11 is 0. The molecule has 0 bridgehead atoms. The zero-order chi connectivity index (χ0) is 29.9. The molecule has 2 N–H and O–H groups in total. The zero-order valence-electron chi connectivity index (χ0n) is 24.5. The summed E-state index contributed by atoms with van der Waals surface area (Å²) in [7, 11) is 0. The van der Waals surface area contributed by atoms with Crippen molar-refractivity contribution in [3.63, 3.8) is 0 Å². The third-order valence-electron chi connectivity index (χ3n) is 8.55. The van der Waals surface area contributed by atoms with E-state index >= 15 is 0 Å². The molecule has 2 aliphatic rings. The first-order valence-electron chi connectivity index (χ1n) is 14.7. The first-order chi connectivity index (χ1) is 19.3. The van der Waals surface area contributed by atoms with Crippen LogP contribution in [0.3, 0.4) is 0 Å². The average Bonchev–Trinajstić information content (AvgIpc) is 3.40. The van der Waals surface area contributed by atoms with E-state index in [1.165, 1.54) is 23.2 Å². The molecule has 2 aromatic carbocycles. The molecule has 0 aromatic heterocycles. The fourth-order valence-electron chi connectivity index (χ4n) is 6.60. The number of alkyl halides is 3. The maximum Gasteiger partial charge on any atom is 0.405 e. The molecule has 226 valence electrons. The molecule has 0 saturated carbocycles. The van der Waals surface area contributed by atoms with E-state index in [-0.39, 0.29) is 54.2 Å². The van der Waals surface area contributed by atoms with E-state index in [9.17, 15) is 27.5 Å². The van der Waals surface area contributed by atoms with Gasteiger partial charge in [0.25, 0.3) is 0 Å². The Morgan fingerprint density at radius 2 is 1.80 bits per heavy atom. The summed E-state index contributed by atoms with van der Waals surface area (Å²) in [5.74, 6) is -1.92. The second-order valence-corrected chi connectivity index (χ2v) is 12.7. The maximum atomic E-state index is 14.9. The van der Waals surface area contributed by atoms with Crippen LogP contribution in [0.1, 0.15) is 80.3 Å². The number of hydrogen-bond acceptors (Lipinski definition) is 5. The van der Waals surface area contributed by atoms with Gasteiger partial charge in [0, 0.05) is 36.7 Å². The molecule has 5 nitrogen and oxygen atoms in total. The Balaban J connectivity index is 1.72. The maximum absolute atomic E-state index is 14.9. The summed E-state index contributed by atoms with van der Waals surface area (Å²) in [6, 6.07) is 9.40. The van der Waals surface area contributed by atoms with Gasteiger partial charge in [-0.1, -0.05) is 30.7 Å². The van der Waals surface area contributed by atoms with Crippen molar-refractivity contribution in [2.45, 2.75) is 83.5 Å². The number of carbonyl (C=O) groups excluding carboxylic acids is 1. The number of hydrogen-bond donors (Lipinski definition) is 2. The van der Waals surface area contributed by atoms with Crippen LogP contribution < -0.4 is 5.32 Å². The molecule has 2 aromatic rings. The van der Waals surface area contributed by atoms with Crippen LogP contribution in [-0.4, -0.2) is 64.8 Å². The molecular weight excluding hydrogens is 534 g/mol. The predicted octanol–water partition coefficient (Wildman–Crippen LogP) is 6.85. The SMILES string of the molecule is Cc1c(F)cccc1[C@@H]1C(CCCCNC(C)(C)C)CN(N2CCC[C@H]2C(F)(F)F)C[C@@H]1C(=O)c1cccc(O)c1. The van der Waals surface area contributed by atoms with Gasteiger partial charge in [0.15, 0.2) is 5.78 Å². The molecule has 41 heavy (non-hydrogen) atoms. The Bertz CT molecular complexity index is 1200. The highest BCUT2D eigenvalue weighted by Gasteiger charge is 2.51. The number of carbonyl (C=O) groups is 1. The minimum atomic E-state index is -4.37. The fourth-order valence-corrected chi connectivity index (χ4v) is 6.60. The molecule has 0 aliphatic carbocycles. The third kappa shape index (κ3) is 7.67. The first-order valence-corrected chi connectivity index (χ1v) is 14.7. The number of benzene rings is 2. The molecule has 0 amide bonds. The van der Waals surface area contributed by atoms with Crippen LogP contribution in [0.25, 0.3) is 0 Å². The number of nitrogens with zero attached hydrogens (tertiary/aromatic N) is 2. The van der Waals surface area contributed by atoms with Gasteiger partial charge in [-0.3, -0.25) is 4.79 Å². The second-order valence-electron chi connectivity index (χ2n) is 12.7. The Kier molecular flexibility index (Phi) is 9.81. The number of halogens is 4. The van der Waals surface area contributed by atoms with Crippen LogP contribution in [0.15, 0.2) is 42.5 Å². The lowest BCUT2D eigenvalue weighted by atomic mass is 9.68. The summed E-state index contributed by atoms with van der Waals surface area (Å²) in [4.78, 5) is 14.1. The minimum Gasteiger partial charge on any atom is -0.508 e. The van der Waals surface area contributed by atoms with Crippen LogP contribution >= 0.6 is 0 Å². The Labute approximate surface area is 240 Å². The lowest BCUT2D eigenvalue weighted by Crippen LogP contribution is -2.58. The van der Waals surface area contributed by atoms with Crippen LogP contribution in [0.5, 0.6) is 5.75 Å². The molecular formula is C32H43F4N3O2. The van der Waals surface area contributed by atoms with Crippen LogP contribution in [0.4, 0.5) is 17.6 Å². The number of phenolic OH excluding ortho intramolecular Hbond substituents is 1. The standard InChI is InChI=1S/C32H43F4N3O2/c1-21-25(13-8-14-27(21)33)29-23(10-5-6-16-37-31(2,3)4)19-38(39-17-9-15-28(39)32(34,35)36)20-26(29)30(41)22-11-7-12-24(40)18-22/h7-8,11-14,18,23,26,28-29,37,40H,5-6,9-10,15-17,19-20H2,1-4H3/t23?,26-,28-,29-/m0/s1. The Morgan fingerprint density at radius 3 is 2.49 bits per heavy atom. The van der Waals surface area contributed by atoms with Gasteiger partial charge in [-0.05, 0) is 101 Å². The van der Waals surface area contributed by atoms with E-state index < -0.39 is 18.1 Å². The van der Waals surface area contributed by atoms with Crippen molar-refractivity contribution < 1.29 is 27.5 Å². The topological polar surface area (TPSA) is 55.8 Å². The van der Waals surface area contributed by atoms with Crippen LogP contribution in [0, 0.1) is 24.6 Å². The van der Waals surface area contributed by atoms with E-state index in [1.54, 1.807) is 30.1 Å². The van der Waals surface area contributed by atoms with E-state index in [2.05, 4.69) is 26.1 Å². The normalized spacial score (nSPS) is 24.6. The van der Waals surface area contributed by atoms with E-state index in [0.29, 0.717) is 30.5 Å². The minimum absolute atomic E-state index is 0.0238. The molecule has 2 saturated heterocycles. The van der Waals surface area contributed by atoms with Crippen LogP contribution in [-0.2, 0) is 0 Å². The van der Waals surface area contributed by atoms with Crippen LogP contribution in [0.2, 0.25) is 0 Å². The summed E-state index contributed by atoms with van der Waals surface area (Å²) in [5, 5.41) is 16.7. The summed E-state index contributed by atoms with van der Waals surface area (Å²) in [5.41, 5.74) is 1.48. The number of aromatic hydroxyl groups is 1. The van der Waals surface area contributed by atoms with Crippen molar-refractivity contribution in [1.82, 2.24) is 15.3 Å². The fraction of sp³-hybridized carbons (Fsp3) is 0.594. The number of phenols is 1. The smallest absolute Gasteiger partial charge is 0.405 e. The largest absolute Gasteiger partial charge is 0.508 e. The van der Waals surface area contributed by atoms with Gasteiger partial charge in [-0.2, -0.15) is 13.2 Å². The number of ketones is 1. The van der Waals surface area contributed by atoms with Gasteiger partial charge in [-0.25, -0.2) is 14.4 Å². The van der Waals surface area contributed by atoms with E-state index in [0.717, 1.165) is 24.9 Å². The van der Waals surface area contributed by atoms with Crippen molar-refractivity contribution >= 4 is 5.78 Å². The number of piperidine rings is 1. The molecule has 0 spiro atoms. The number of rotatable bonds is 9. The number of Topliss-reactive ketones (excluding diaryl/α,β-unsaturated/α-hetero) is 1. The number of unbranched alkanes of at least 4 members (excludes halogenated alkanes) is 1. The highest BCUT2D eigenvalue weighted by Crippen LogP contribution is 2.45. The van der Waals surface area contributed by atoms with Gasteiger partial charge < -0.3 is 10.4 Å². The number of nitrogens with one attached hydrogen (secondary N) is 1.